The first-order chi connectivity index (χ1) is 25.0. The topological polar surface area (TPSA) is 255 Å². The molecule has 53 heavy (non-hydrogen) atoms. The average molecular weight is 747 g/mol. The minimum atomic E-state index is -1.18. The van der Waals surface area contributed by atoms with Gasteiger partial charge in [0.2, 0.25) is 23.6 Å². The molecular weight excluding hydrogens is 680 g/mol. The van der Waals surface area contributed by atoms with Crippen molar-refractivity contribution in [2.45, 2.75) is 135 Å². The zero-order valence-electron chi connectivity index (χ0n) is 32.4. The summed E-state index contributed by atoms with van der Waals surface area (Å²) in [5.74, 6) is -3.19. The van der Waals surface area contributed by atoms with Crippen molar-refractivity contribution in [3.05, 3.63) is 29.8 Å². The Hall–Kier alpha value is -3.79. The highest BCUT2D eigenvalue weighted by Gasteiger charge is 2.40. The molecule has 0 bridgehead atoms. The van der Waals surface area contributed by atoms with Gasteiger partial charge in [0.15, 0.2) is 0 Å². The number of phenols is 1. The Bertz CT molecular complexity index is 1320. The van der Waals surface area contributed by atoms with E-state index in [1.54, 1.807) is 37.8 Å². The van der Waals surface area contributed by atoms with E-state index in [2.05, 4.69) is 21.3 Å². The summed E-state index contributed by atoms with van der Waals surface area (Å²) in [5, 5.41) is 31.1. The molecule has 0 saturated carbocycles. The van der Waals surface area contributed by atoms with Crippen molar-refractivity contribution in [2.24, 2.45) is 28.5 Å². The first-order valence-electron chi connectivity index (χ1n) is 19.1. The van der Waals surface area contributed by atoms with Gasteiger partial charge in [-0.3, -0.25) is 19.2 Å². The molecule has 1 fully saturated rings. The fourth-order valence-corrected chi connectivity index (χ4v) is 6.47. The van der Waals surface area contributed by atoms with Gasteiger partial charge in [0.1, 0.15) is 29.9 Å². The van der Waals surface area contributed by atoms with Gasteiger partial charge >= 0.3 is 5.97 Å². The van der Waals surface area contributed by atoms with Crippen LogP contribution < -0.4 is 38.5 Å². The second-order valence-corrected chi connectivity index (χ2v) is 15.7. The number of carboxylic acid groups (broad SMARTS) is 1. The Morgan fingerprint density at radius 3 is 2.06 bits per heavy atom. The molecule has 1 saturated heterocycles. The third-order valence-electron chi connectivity index (χ3n) is 9.48. The molecule has 0 spiro atoms. The third kappa shape index (κ3) is 15.6. The van der Waals surface area contributed by atoms with Crippen LogP contribution in [0.2, 0.25) is 0 Å². The van der Waals surface area contributed by atoms with Crippen LogP contribution >= 0.6 is 0 Å². The van der Waals surface area contributed by atoms with Crippen molar-refractivity contribution in [3.8, 4) is 5.75 Å². The van der Waals surface area contributed by atoms with Crippen LogP contribution in [0.25, 0.3) is 0 Å². The molecule has 0 aliphatic carbocycles. The third-order valence-corrected chi connectivity index (χ3v) is 9.48. The Balaban J connectivity index is 2.32. The van der Waals surface area contributed by atoms with E-state index in [0.29, 0.717) is 51.0 Å². The van der Waals surface area contributed by atoms with Crippen LogP contribution in [0.3, 0.4) is 0 Å². The van der Waals surface area contributed by atoms with Crippen molar-refractivity contribution in [3.63, 3.8) is 0 Å². The number of aliphatic carboxylic acids is 1. The quantitative estimate of drug-likeness (QED) is 0.0717. The number of nitrogens with zero attached hydrogens (tertiary/aromatic N) is 1. The van der Waals surface area contributed by atoms with Crippen LogP contribution in [0, 0.1) is 11.3 Å². The molecule has 15 heteroatoms. The van der Waals surface area contributed by atoms with Crippen LogP contribution in [0.15, 0.2) is 24.3 Å². The smallest absolute Gasteiger partial charge is 0.326 e. The molecule has 4 amide bonds. The molecular formula is C38H66N8O7. The number of benzene rings is 1. The van der Waals surface area contributed by atoms with Crippen molar-refractivity contribution in [1.82, 2.24) is 26.2 Å². The van der Waals surface area contributed by atoms with Gasteiger partial charge in [-0.15, -0.1) is 0 Å². The highest BCUT2D eigenvalue weighted by molar-refractivity contribution is 5.96. The summed E-state index contributed by atoms with van der Waals surface area (Å²) in [6.45, 7) is 10.8. The minimum Gasteiger partial charge on any atom is -0.508 e. The maximum absolute atomic E-state index is 14.0. The minimum absolute atomic E-state index is 0.00735. The van der Waals surface area contributed by atoms with Gasteiger partial charge in [-0.25, -0.2) is 4.79 Å². The van der Waals surface area contributed by atoms with E-state index < -0.39 is 59.3 Å². The van der Waals surface area contributed by atoms with Crippen molar-refractivity contribution in [1.29, 1.82) is 0 Å². The van der Waals surface area contributed by atoms with Crippen LogP contribution in [0.5, 0.6) is 5.75 Å². The number of hydrogen-bond acceptors (Lipinski definition) is 10. The molecule has 0 radical (unpaired) electrons. The summed E-state index contributed by atoms with van der Waals surface area (Å²) in [5.41, 5.74) is 17.5. The summed E-state index contributed by atoms with van der Waals surface area (Å²) in [7, 11) is 0. The maximum Gasteiger partial charge on any atom is 0.326 e. The normalized spacial score (nSPS) is 17.5. The van der Waals surface area contributed by atoms with E-state index in [0.717, 1.165) is 32.1 Å². The fraction of sp³-hybridized carbons (Fsp3) is 0.711. The summed E-state index contributed by atoms with van der Waals surface area (Å²) >= 11 is 0. The summed E-state index contributed by atoms with van der Waals surface area (Å²) in [4.78, 5) is 69.1. The number of nitrogens with two attached hydrogens (primary N) is 3. The zero-order valence-corrected chi connectivity index (χ0v) is 32.4. The Morgan fingerprint density at radius 1 is 0.868 bits per heavy atom. The number of likely N-dealkylation sites (tertiary alicyclic amines) is 1. The molecule has 2 rings (SSSR count). The second kappa shape index (κ2) is 22.4. The van der Waals surface area contributed by atoms with Gasteiger partial charge in [0, 0.05) is 25.6 Å². The Kier molecular flexibility index (Phi) is 19.2. The number of unbranched alkanes of at least 4 members (excludes halogenated alkanes) is 2. The van der Waals surface area contributed by atoms with E-state index >= 15 is 0 Å². The Morgan fingerprint density at radius 2 is 1.49 bits per heavy atom. The molecule has 300 valence electrons. The summed E-state index contributed by atoms with van der Waals surface area (Å²) in [6, 6.07) is 1.18. The van der Waals surface area contributed by atoms with Gasteiger partial charge in [-0.1, -0.05) is 59.6 Å². The predicted molar refractivity (Wildman–Crippen MR) is 204 cm³/mol. The lowest BCUT2D eigenvalue weighted by molar-refractivity contribution is -0.143. The van der Waals surface area contributed by atoms with E-state index in [1.807, 2.05) is 13.8 Å². The van der Waals surface area contributed by atoms with Gasteiger partial charge < -0.3 is 53.6 Å². The van der Waals surface area contributed by atoms with E-state index in [4.69, 9.17) is 17.2 Å². The zero-order chi connectivity index (χ0) is 39.7. The number of carbonyl (C=O) groups is 5. The number of nitrogens with one attached hydrogen (secondary N) is 4. The lowest BCUT2D eigenvalue weighted by Crippen LogP contribution is -2.61. The fourth-order valence-electron chi connectivity index (χ4n) is 6.47. The molecule has 12 N–H and O–H groups in total. The molecule has 0 unspecified atom stereocenters. The largest absolute Gasteiger partial charge is 0.508 e. The van der Waals surface area contributed by atoms with Gasteiger partial charge in [-0.2, -0.15) is 0 Å². The second-order valence-electron chi connectivity index (χ2n) is 15.7. The van der Waals surface area contributed by atoms with Crippen molar-refractivity contribution >= 4 is 29.6 Å². The van der Waals surface area contributed by atoms with Gasteiger partial charge in [0.25, 0.3) is 0 Å². The number of hydrogen-bond donors (Lipinski definition) is 9. The molecule has 1 aromatic carbocycles. The first kappa shape index (κ1) is 45.4. The van der Waals surface area contributed by atoms with Gasteiger partial charge in [0.05, 0.1) is 6.04 Å². The van der Waals surface area contributed by atoms with Crippen molar-refractivity contribution in [2.75, 3.05) is 26.2 Å². The highest BCUT2D eigenvalue weighted by Crippen LogP contribution is 2.23. The van der Waals surface area contributed by atoms with Crippen LogP contribution in [-0.2, 0) is 30.4 Å². The Labute approximate surface area is 314 Å². The lowest BCUT2D eigenvalue weighted by atomic mass is 9.85. The van der Waals surface area contributed by atoms with Crippen LogP contribution in [0.1, 0.15) is 98.0 Å². The summed E-state index contributed by atoms with van der Waals surface area (Å²) in [6.07, 6.45) is 5.74. The molecule has 1 aromatic rings. The van der Waals surface area contributed by atoms with Gasteiger partial charge in [-0.05, 0) is 87.1 Å². The van der Waals surface area contributed by atoms with E-state index in [1.165, 1.54) is 12.1 Å². The molecule has 1 aliphatic rings. The van der Waals surface area contributed by atoms with E-state index in [9.17, 15) is 34.2 Å². The highest BCUT2D eigenvalue weighted by atomic mass is 16.4. The number of amides is 4. The molecule has 6 atom stereocenters. The number of carboxylic acids is 1. The molecule has 15 nitrogen and oxygen atoms in total. The number of aromatic hydroxyl groups is 1. The van der Waals surface area contributed by atoms with Crippen LogP contribution in [0.4, 0.5) is 0 Å². The maximum atomic E-state index is 14.0. The number of phenolic OH excluding ortho intramolecular Hbond substituents is 1. The first-order valence-corrected chi connectivity index (χ1v) is 19.1. The predicted octanol–water partition coefficient (Wildman–Crippen LogP) is 1.10. The number of carbonyl (C=O) groups excluding carboxylic acids is 4. The molecule has 1 heterocycles. The SMILES string of the molecule is CC(C)C[C@H](NC(=O)[C@@H](NC(=O)[C@H](Cc1ccc(O)cc1)NC(=O)[C@H]1CCCN1C(=O)[C@H](CCCCN)NC[C@@H](N)CCCCN)C(C)(C)C)C(=O)O. The lowest BCUT2D eigenvalue weighted by Gasteiger charge is -2.33. The molecule has 1 aliphatic heterocycles. The standard InChI is InChI=1S/C38H66N8O7/c1-24(2)21-30(37(52)53)44-35(50)32(38(3,4)5)45-33(48)29(22-25-14-16-27(47)17-15-25)43-34(49)31-13-10-20-46(31)36(51)28(12-7-9-19-40)42-23-26(41)11-6-8-18-39/h14-17,24,26,28-32,42,47H,6-13,18-23,39-41H2,1-5H3,(H,43,49)(H,44,50)(H,45,48)(H,52,53)/t26-,28-,29-,30-,31+,32+/m0/s1. The van der Waals surface area contributed by atoms with Crippen molar-refractivity contribution < 1.29 is 34.2 Å². The monoisotopic (exact) mass is 747 g/mol. The van der Waals surface area contributed by atoms with E-state index in [-0.39, 0.29) is 36.5 Å². The molecule has 0 aromatic heterocycles. The number of rotatable bonds is 23. The van der Waals surface area contributed by atoms with Crippen LogP contribution in [-0.4, -0.2) is 107 Å². The average Bonchev–Trinajstić information content (AvgIpc) is 3.58. The summed E-state index contributed by atoms with van der Waals surface area (Å²) < 4.78 is 0.